The van der Waals surface area contributed by atoms with Gasteiger partial charge in [-0.3, -0.25) is 9.69 Å². The highest BCUT2D eigenvalue weighted by Crippen LogP contribution is 2.40. The molecule has 0 atom stereocenters. The van der Waals surface area contributed by atoms with E-state index in [-0.39, 0.29) is 11.7 Å². The first-order valence-electron chi connectivity index (χ1n) is 14.3. The molecule has 3 aromatic carbocycles. The number of benzene rings is 3. The van der Waals surface area contributed by atoms with Gasteiger partial charge < -0.3 is 10.2 Å². The molecule has 9 heteroatoms. The Morgan fingerprint density at radius 2 is 1.69 bits per heavy atom. The van der Waals surface area contributed by atoms with E-state index in [1.54, 1.807) is 12.1 Å². The van der Waals surface area contributed by atoms with Crippen molar-refractivity contribution in [3.63, 3.8) is 0 Å². The Hall–Kier alpha value is -4.27. The van der Waals surface area contributed by atoms with Gasteiger partial charge in [-0.1, -0.05) is 48.0 Å². The van der Waals surface area contributed by atoms with Gasteiger partial charge in [-0.2, -0.15) is 9.61 Å². The summed E-state index contributed by atoms with van der Waals surface area (Å²) in [5.41, 5.74) is 5.78. The van der Waals surface area contributed by atoms with E-state index in [0.29, 0.717) is 54.8 Å². The predicted molar refractivity (Wildman–Crippen MR) is 163 cm³/mol. The third-order valence-electron chi connectivity index (χ3n) is 8.02. The minimum atomic E-state index is -0.297. The number of hydrogen-bond donors (Lipinski definition) is 1. The van der Waals surface area contributed by atoms with Crippen molar-refractivity contribution in [1.29, 1.82) is 0 Å². The molecule has 7 nitrogen and oxygen atoms in total. The lowest BCUT2D eigenvalue weighted by Gasteiger charge is -2.35. The van der Waals surface area contributed by atoms with E-state index in [9.17, 15) is 9.18 Å². The van der Waals surface area contributed by atoms with Crippen LogP contribution in [0.15, 0.2) is 84.9 Å². The topological polar surface area (TPSA) is 65.8 Å². The van der Waals surface area contributed by atoms with Crippen molar-refractivity contribution >= 4 is 34.7 Å². The minimum absolute atomic E-state index is 0.0102. The molecular weight excluding hydrogens is 551 g/mol. The normalized spacial score (nSPS) is 15.7. The van der Waals surface area contributed by atoms with Crippen LogP contribution in [-0.2, 0) is 6.54 Å². The molecule has 1 aliphatic heterocycles. The van der Waals surface area contributed by atoms with Crippen LogP contribution in [0.3, 0.4) is 0 Å². The number of carbonyl (C=O) groups excluding carboxylic acids is 1. The number of nitrogens with one attached hydrogen (secondary N) is 1. The number of piperazine rings is 1. The van der Waals surface area contributed by atoms with Gasteiger partial charge in [0.2, 0.25) is 0 Å². The van der Waals surface area contributed by atoms with E-state index in [1.165, 1.54) is 18.9 Å². The standard InChI is InChI=1S/C33H30ClFN6O/c34-27-7-4-8-28(35)26(27)21-39-15-17-40(18-16-39)33(42)24-11-13-25(14-12-24)36-31-19-29(22-5-2-1-3-6-22)37-32-20-30(23-9-10-23)38-41(31)32/h1-8,11-14,19-20,23,36H,9-10,15-18,21H2. The summed E-state index contributed by atoms with van der Waals surface area (Å²) in [6.45, 7) is 2.89. The van der Waals surface area contributed by atoms with Crippen molar-refractivity contribution in [2.75, 3.05) is 31.5 Å². The van der Waals surface area contributed by atoms with Gasteiger partial charge >= 0.3 is 0 Å². The Kier molecular flexibility index (Phi) is 7.09. The Bertz CT molecular complexity index is 1720. The zero-order valence-electron chi connectivity index (χ0n) is 23.0. The van der Waals surface area contributed by atoms with Crippen LogP contribution >= 0.6 is 11.6 Å². The number of anilines is 2. The zero-order valence-corrected chi connectivity index (χ0v) is 23.8. The largest absolute Gasteiger partial charge is 0.340 e. The van der Waals surface area contributed by atoms with Gasteiger partial charge in [0.25, 0.3) is 5.91 Å². The molecule has 0 unspecified atom stereocenters. The van der Waals surface area contributed by atoms with E-state index in [1.807, 2.05) is 57.9 Å². The number of nitrogens with zero attached hydrogens (tertiary/aromatic N) is 5. The molecule has 0 radical (unpaired) electrons. The fraction of sp³-hybridized carbons (Fsp3) is 0.242. The summed E-state index contributed by atoms with van der Waals surface area (Å²) in [7, 11) is 0. The first kappa shape index (κ1) is 26.6. The average Bonchev–Trinajstić information content (AvgIpc) is 3.78. The number of rotatable bonds is 7. The van der Waals surface area contributed by atoms with Crippen molar-refractivity contribution in [2.45, 2.75) is 25.3 Å². The van der Waals surface area contributed by atoms with Crippen molar-refractivity contribution in [3.05, 3.63) is 113 Å². The second kappa shape index (κ2) is 11.2. The van der Waals surface area contributed by atoms with Crippen LogP contribution in [0.25, 0.3) is 16.9 Å². The molecular formula is C33H30ClFN6O. The number of halogens is 2. The summed E-state index contributed by atoms with van der Waals surface area (Å²) in [6, 6.07) is 26.5. The molecule has 7 rings (SSSR count). The lowest BCUT2D eigenvalue weighted by Crippen LogP contribution is -2.48. The minimum Gasteiger partial charge on any atom is -0.340 e. The van der Waals surface area contributed by atoms with Crippen molar-refractivity contribution in [2.24, 2.45) is 0 Å². The lowest BCUT2D eigenvalue weighted by molar-refractivity contribution is 0.0627. The number of carbonyl (C=O) groups is 1. The maximum atomic E-state index is 14.2. The second-order valence-electron chi connectivity index (χ2n) is 11.0. The number of aromatic nitrogens is 3. The maximum absolute atomic E-state index is 14.2. The molecule has 3 heterocycles. The SMILES string of the molecule is O=C(c1ccc(Nc2cc(-c3ccccc3)nc3cc(C4CC4)nn23)cc1)N1CCN(Cc2c(F)cccc2Cl)CC1. The smallest absolute Gasteiger partial charge is 0.253 e. The number of fused-ring (bicyclic) bond motifs is 1. The molecule has 2 aliphatic rings. The van der Waals surface area contributed by atoms with Crippen LogP contribution in [0.2, 0.25) is 5.02 Å². The third-order valence-corrected chi connectivity index (χ3v) is 8.37. The Labute approximate surface area is 248 Å². The predicted octanol–water partition coefficient (Wildman–Crippen LogP) is 6.77. The third kappa shape index (κ3) is 5.47. The van der Waals surface area contributed by atoms with Crippen molar-refractivity contribution < 1.29 is 9.18 Å². The summed E-state index contributed by atoms with van der Waals surface area (Å²) in [4.78, 5) is 22.1. The van der Waals surface area contributed by atoms with Crippen LogP contribution in [0, 0.1) is 5.82 Å². The van der Waals surface area contributed by atoms with Gasteiger partial charge in [-0.05, 0) is 49.2 Å². The van der Waals surface area contributed by atoms with Crippen LogP contribution in [0.4, 0.5) is 15.9 Å². The van der Waals surface area contributed by atoms with E-state index in [4.69, 9.17) is 21.7 Å². The molecule has 0 spiro atoms. The highest BCUT2D eigenvalue weighted by Gasteiger charge is 2.27. The molecule has 5 aromatic rings. The zero-order chi connectivity index (χ0) is 28.6. The van der Waals surface area contributed by atoms with E-state index >= 15 is 0 Å². The summed E-state index contributed by atoms with van der Waals surface area (Å²) >= 11 is 6.21. The number of hydrogen-bond acceptors (Lipinski definition) is 5. The summed E-state index contributed by atoms with van der Waals surface area (Å²) < 4.78 is 16.1. The molecule has 2 aromatic heterocycles. The van der Waals surface area contributed by atoms with E-state index in [0.717, 1.165) is 34.1 Å². The highest BCUT2D eigenvalue weighted by atomic mass is 35.5. The highest BCUT2D eigenvalue weighted by molar-refractivity contribution is 6.31. The molecule has 1 aliphatic carbocycles. The monoisotopic (exact) mass is 580 g/mol. The quantitative estimate of drug-likeness (QED) is 0.230. The average molecular weight is 581 g/mol. The molecule has 42 heavy (non-hydrogen) atoms. The fourth-order valence-electron chi connectivity index (χ4n) is 5.46. The molecule has 212 valence electrons. The van der Waals surface area contributed by atoms with Gasteiger partial charge in [-0.15, -0.1) is 0 Å². The van der Waals surface area contributed by atoms with Crippen LogP contribution in [0.5, 0.6) is 0 Å². The molecule has 1 saturated heterocycles. The van der Waals surface area contributed by atoms with E-state index < -0.39 is 0 Å². The first-order valence-corrected chi connectivity index (χ1v) is 14.7. The van der Waals surface area contributed by atoms with E-state index in [2.05, 4.69) is 28.4 Å². The first-order chi connectivity index (χ1) is 20.5. The molecule has 2 fully saturated rings. The van der Waals surface area contributed by atoms with Crippen LogP contribution in [0.1, 0.15) is 40.4 Å². The second-order valence-corrected chi connectivity index (χ2v) is 11.4. The Morgan fingerprint density at radius 1 is 0.929 bits per heavy atom. The molecule has 1 N–H and O–H groups in total. The Morgan fingerprint density at radius 3 is 2.40 bits per heavy atom. The lowest BCUT2D eigenvalue weighted by atomic mass is 10.1. The fourth-order valence-corrected chi connectivity index (χ4v) is 5.68. The van der Waals surface area contributed by atoms with Crippen LogP contribution < -0.4 is 5.32 Å². The van der Waals surface area contributed by atoms with Gasteiger partial charge in [0, 0.05) is 78.2 Å². The summed E-state index contributed by atoms with van der Waals surface area (Å²) in [5.74, 6) is 1.03. The van der Waals surface area contributed by atoms with Crippen LogP contribution in [-0.4, -0.2) is 56.5 Å². The van der Waals surface area contributed by atoms with Crippen molar-refractivity contribution in [3.8, 4) is 11.3 Å². The Balaban J connectivity index is 1.05. The molecule has 0 bridgehead atoms. The summed E-state index contributed by atoms with van der Waals surface area (Å²) in [6.07, 6.45) is 2.34. The van der Waals surface area contributed by atoms with Gasteiger partial charge in [0.05, 0.1) is 11.4 Å². The molecule has 1 amide bonds. The maximum Gasteiger partial charge on any atom is 0.253 e. The summed E-state index contributed by atoms with van der Waals surface area (Å²) in [5, 5.41) is 8.79. The van der Waals surface area contributed by atoms with Gasteiger partial charge in [0.15, 0.2) is 5.65 Å². The van der Waals surface area contributed by atoms with Gasteiger partial charge in [0.1, 0.15) is 11.6 Å². The number of amides is 1. The van der Waals surface area contributed by atoms with Crippen molar-refractivity contribution in [1.82, 2.24) is 24.4 Å². The van der Waals surface area contributed by atoms with Gasteiger partial charge in [-0.25, -0.2) is 9.37 Å². The molecule has 1 saturated carbocycles.